The highest BCUT2D eigenvalue weighted by molar-refractivity contribution is 5.75. The first kappa shape index (κ1) is 9.68. The van der Waals surface area contributed by atoms with Crippen LogP contribution < -0.4 is 0 Å². The molecule has 0 aromatic carbocycles. The van der Waals surface area contributed by atoms with Crippen molar-refractivity contribution in [2.45, 2.75) is 6.42 Å². The highest BCUT2D eigenvalue weighted by Crippen LogP contribution is 1.93. The third-order valence-corrected chi connectivity index (χ3v) is 1.06. The maximum absolute atomic E-state index is 10.1. The van der Waals surface area contributed by atoms with E-state index in [-0.39, 0.29) is 14.8 Å². The van der Waals surface area contributed by atoms with E-state index in [1.807, 2.05) is 0 Å². The Morgan fingerprint density at radius 2 is 2.27 bits per heavy atom. The number of rotatable bonds is 2. The van der Waals surface area contributed by atoms with Gasteiger partial charge in [0.05, 0.1) is 12.1 Å². The summed E-state index contributed by atoms with van der Waals surface area (Å²) in [5.41, 5.74) is 0.593. The van der Waals surface area contributed by atoms with E-state index in [2.05, 4.69) is 4.98 Å². The third-order valence-electron chi connectivity index (χ3n) is 1.06. The lowest BCUT2D eigenvalue weighted by Gasteiger charge is -1.91. The SMILES string of the molecule is O=C(O)Cc1ccccn1.[B]. The first-order chi connectivity index (χ1) is 4.79. The number of carboxylic acid groups (broad SMARTS) is 1. The van der Waals surface area contributed by atoms with Crippen LogP contribution in [0.4, 0.5) is 0 Å². The molecule has 55 valence electrons. The zero-order chi connectivity index (χ0) is 7.40. The highest BCUT2D eigenvalue weighted by Gasteiger charge is 1.98. The third kappa shape index (κ3) is 3.40. The van der Waals surface area contributed by atoms with Crippen LogP contribution in [0.5, 0.6) is 0 Å². The summed E-state index contributed by atoms with van der Waals surface area (Å²) in [5.74, 6) is -0.848. The summed E-state index contributed by atoms with van der Waals surface area (Å²) in [6.45, 7) is 0. The van der Waals surface area contributed by atoms with Crippen molar-refractivity contribution >= 4 is 14.4 Å². The standard InChI is InChI=1S/C7H7NO2.B/c9-7(10)5-6-3-1-2-4-8-6;/h1-4H,5H2,(H,9,10);. The number of carbonyl (C=O) groups is 1. The van der Waals surface area contributed by atoms with E-state index >= 15 is 0 Å². The fraction of sp³-hybridized carbons (Fsp3) is 0.143. The zero-order valence-electron chi connectivity index (χ0n) is 5.90. The van der Waals surface area contributed by atoms with Gasteiger partial charge in [-0.05, 0) is 12.1 Å². The van der Waals surface area contributed by atoms with E-state index in [1.54, 1.807) is 24.4 Å². The number of hydrogen-bond acceptors (Lipinski definition) is 2. The Kier molecular flexibility index (Phi) is 3.96. The maximum atomic E-state index is 10.1. The highest BCUT2D eigenvalue weighted by atomic mass is 16.4. The second-order valence-corrected chi connectivity index (χ2v) is 1.89. The minimum absolute atomic E-state index is 0. The molecule has 11 heavy (non-hydrogen) atoms. The number of carboxylic acids is 1. The first-order valence-corrected chi connectivity index (χ1v) is 2.91. The Balaban J connectivity index is 0.000001000. The van der Waals surface area contributed by atoms with E-state index in [0.29, 0.717) is 5.69 Å². The molecule has 0 atom stereocenters. The smallest absolute Gasteiger partial charge is 0.309 e. The van der Waals surface area contributed by atoms with Crippen LogP contribution in [0.2, 0.25) is 0 Å². The van der Waals surface area contributed by atoms with Crippen molar-refractivity contribution in [3.8, 4) is 0 Å². The van der Waals surface area contributed by atoms with Crippen LogP contribution in [0.25, 0.3) is 0 Å². The molecule has 1 aromatic heterocycles. The topological polar surface area (TPSA) is 50.2 Å². The maximum Gasteiger partial charge on any atom is 0.309 e. The normalized spacial score (nSPS) is 8.36. The Hall–Kier alpha value is -1.32. The van der Waals surface area contributed by atoms with E-state index in [0.717, 1.165) is 0 Å². The molecule has 4 heteroatoms. The fourth-order valence-electron chi connectivity index (χ4n) is 0.658. The number of nitrogens with zero attached hydrogens (tertiary/aromatic N) is 1. The summed E-state index contributed by atoms with van der Waals surface area (Å²) in [7, 11) is 0. The summed E-state index contributed by atoms with van der Waals surface area (Å²) in [6.07, 6.45) is 1.58. The number of pyridine rings is 1. The quantitative estimate of drug-likeness (QED) is 0.614. The van der Waals surface area contributed by atoms with Crippen molar-refractivity contribution in [3.63, 3.8) is 0 Å². The van der Waals surface area contributed by atoms with Gasteiger partial charge < -0.3 is 5.11 Å². The molecule has 0 unspecified atom stereocenters. The summed E-state index contributed by atoms with van der Waals surface area (Å²) in [6, 6.07) is 5.21. The molecule has 0 aliphatic carbocycles. The predicted octanol–water partition coefficient (Wildman–Crippen LogP) is 0.328. The summed E-state index contributed by atoms with van der Waals surface area (Å²) >= 11 is 0. The molecule has 0 saturated carbocycles. The van der Waals surface area contributed by atoms with Crippen molar-refractivity contribution < 1.29 is 9.90 Å². The van der Waals surface area contributed by atoms with Gasteiger partial charge in [0.25, 0.3) is 0 Å². The van der Waals surface area contributed by atoms with Gasteiger partial charge in [0.1, 0.15) is 0 Å². The second kappa shape index (κ2) is 4.49. The molecule has 0 amide bonds. The van der Waals surface area contributed by atoms with Gasteiger partial charge >= 0.3 is 5.97 Å². The Morgan fingerprint density at radius 3 is 2.73 bits per heavy atom. The van der Waals surface area contributed by atoms with E-state index < -0.39 is 5.97 Å². The first-order valence-electron chi connectivity index (χ1n) is 2.91. The zero-order valence-corrected chi connectivity index (χ0v) is 5.90. The minimum atomic E-state index is -0.848. The Bertz CT molecular complexity index is 225. The van der Waals surface area contributed by atoms with Crippen LogP contribution in [-0.2, 0) is 11.2 Å². The second-order valence-electron chi connectivity index (χ2n) is 1.89. The lowest BCUT2D eigenvalue weighted by Crippen LogP contribution is -2.01. The van der Waals surface area contributed by atoms with Crippen LogP contribution in [0.15, 0.2) is 24.4 Å². The lowest BCUT2D eigenvalue weighted by atomic mass is 10.3. The molecule has 0 fully saturated rings. The van der Waals surface area contributed by atoms with Crippen LogP contribution in [0, 0.1) is 0 Å². The van der Waals surface area contributed by atoms with E-state index in [1.165, 1.54) is 0 Å². The summed E-state index contributed by atoms with van der Waals surface area (Å²) in [5, 5.41) is 8.33. The molecule has 1 heterocycles. The molecule has 1 rings (SSSR count). The van der Waals surface area contributed by atoms with Gasteiger partial charge in [-0.3, -0.25) is 9.78 Å². The lowest BCUT2D eigenvalue weighted by molar-refractivity contribution is -0.136. The van der Waals surface area contributed by atoms with Crippen molar-refractivity contribution in [2.24, 2.45) is 0 Å². The monoisotopic (exact) mass is 148 g/mol. The van der Waals surface area contributed by atoms with Gasteiger partial charge in [-0.15, -0.1) is 0 Å². The Labute approximate surface area is 66.7 Å². The molecular weight excluding hydrogens is 141 g/mol. The van der Waals surface area contributed by atoms with Crippen LogP contribution in [0.1, 0.15) is 5.69 Å². The van der Waals surface area contributed by atoms with Crippen LogP contribution >= 0.6 is 0 Å². The summed E-state index contributed by atoms with van der Waals surface area (Å²) in [4.78, 5) is 14.0. The molecule has 0 aliphatic rings. The number of hydrogen-bond donors (Lipinski definition) is 1. The van der Waals surface area contributed by atoms with Crippen LogP contribution in [0.3, 0.4) is 0 Å². The fourth-order valence-corrected chi connectivity index (χ4v) is 0.658. The van der Waals surface area contributed by atoms with Gasteiger partial charge in [0.2, 0.25) is 0 Å². The minimum Gasteiger partial charge on any atom is -0.481 e. The molecule has 3 nitrogen and oxygen atoms in total. The number of aliphatic carboxylic acids is 1. The van der Waals surface area contributed by atoms with Gasteiger partial charge in [-0.25, -0.2) is 0 Å². The van der Waals surface area contributed by atoms with Crippen molar-refractivity contribution in [1.82, 2.24) is 4.98 Å². The summed E-state index contributed by atoms with van der Waals surface area (Å²) < 4.78 is 0. The Morgan fingerprint density at radius 1 is 1.55 bits per heavy atom. The van der Waals surface area contributed by atoms with Crippen LogP contribution in [-0.4, -0.2) is 24.5 Å². The average Bonchev–Trinajstić information content (AvgIpc) is 1.88. The molecule has 1 aromatic rings. The predicted molar refractivity (Wildman–Crippen MR) is 41.3 cm³/mol. The molecule has 0 aliphatic heterocycles. The van der Waals surface area contributed by atoms with Gasteiger partial charge in [0, 0.05) is 14.6 Å². The average molecular weight is 148 g/mol. The van der Waals surface area contributed by atoms with E-state index in [4.69, 9.17) is 5.11 Å². The van der Waals surface area contributed by atoms with Gasteiger partial charge in [-0.1, -0.05) is 6.07 Å². The molecule has 0 spiro atoms. The van der Waals surface area contributed by atoms with Gasteiger partial charge in [0.15, 0.2) is 0 Å². The van der Waals surface area contributed by atoms with Crippen molar-refractivity contribution in [1.29, 1.82) is 0 Å². The largest absolute Gasteiger partial charge is 0.481 e. The van der Waals surface area contributed by atoms with Crippen molar-refractivity contribution in [2.75, 3.05) is 0 Å². The molecule has 1 N–H and O–H groups in total. The number of aromatic nitrogens is 1. The van der Waals surface area contributed by atoms with Gasteiger partial charge in [-0.2, -0.15) is 0 Å². The molecule has 0 saturated heterocycles. The molecule has 3 radical (unpaired) electrons. The van der Waals surface area contributed by atoms with E-state index in [9.17, 15) is 4.79 Å². The van der Waals surface area contributed by atoms with Crippen molar-refractivity contribution in [3.05, 3.63) is 30.1 Å². The molecular formula is C7H7BNO2. The molecule has 0 bridgehead atoms.